The highest BCUT2D eigenvalue weighted by Gasteiger charge is 2.22. The molecule has 0 aliphatic heterocycles. The molecule has 3 heteroatoms. The van der Waals surface area contributed by atoms with Crippen molar-refractivity contribution in [3.63, 3.8) is 0 Å². The van der Waals surface area contributed by atoms with E-state index in [0.29, 0.717) is 0 Å². The fourth-order valence-electron chi connectivity index (χ4n) is 1.52. The van der Waals surface area contributed by atoms with E-state index in [0.717, 1.165) is 17.8 Å². The van der Waals surface area contributed by atoms with Crippen LogP contribution in [-0.4, -0.2) is 14.9 Å². The van der Waals surface area contributed by atoms with Gasteiger partial charge in [0.15, 0.2) is 0 Å². The lowest BCUT2D eigenvalue weighted by atomic mass is 10.0. The maximum atomic E-state index is 9.81. The Bertz CT molecular complexity index is 271. The maximum Gasteiger partial charge on any atom is 0.101 e. The number of aryl methyl sites for hydroxylation is 2. The number of rotatable bonds is 2. The van der Waals surface area contributed by atoms with Gasteiger partial charge >= 0.3 is 0 Å². The lowest BCUT2D eigenvalue weighted by Gasteiger charge is -2.19. The van der Waals surface area contributed by atoms with Crippen LogP contribution in [0.3, 0.4) is 0 Å². The van der Waals surface area contributed by atoms with Crippen molar-refractivity contribution in [1.29, 1.82) is 0 Å². The Morgan fingerprint density at radius 1 is 1.58 bits per heavy atom. The molecule has 0 spiro atoms. The van der Waals surface area contributed by atoms with Crippen molar-refractivity contribution in [2.45, 2.75) is 39.8 Å². The van der Waals surface area contributed by atoms with Gasteiger partial charge in [0.2, 0.25) is 0 Å². The highest BCUT2D eigenvalue weighted by atomic mass is 16.3. The third kappa shape index (κ3) is 1.50. The van der Waals surface area contributed by atoms with Crippen LogP contribution in [0.5, 0.6) is 0 Å². The molecule has 0 radical (unpaired) electrons. The van der Waals surface area contributed by atoms with E-state index in [1.54, 1.807) is 20.0 Å². The van der Waals surface area contributed by atoms with Crippen LogP contribution >= 0.6 is 0 Å². The molecular weight excluding hydrogens is 152 g/mol. The second-order valence-corrected chi connectivity index (χ2v) is 3.55. The zero-order chi connectivity index (χ0) is 9.35. The molecule has 0 amide bonds. The van der Waals surface area contributed by atoms with Gasteiger partial charge < -0.3 is 5.11 Å². The zero-order valence-corrected chi connectivity index (χ0v) is 8.13. The van der Waals surface area contributed by atoms with Gasteiger partial charge in [0.25, 0.3) is 0 Å². The first kappa shape index (κ1) is 9.26. The summed E-state index contributed by atoms with van der Waals surface area (Å²) in [5.41, 5.74) is 1.16. The van der Waals surface area contributed by atoms with Gasteiger partial charge in [-0.15, -0.1) is 0 Å². The Kier molecular flexibility index (Phi) is 2.24. The summed E-state index contributed by atoms with van der Waals surface area (Å²) in [6.07, 6.45) is 1.79. The summed E-state index contributed by atoms with van der Waals surface area (Å²) in [5.74, 6) is 0. The first-order valence-electron chi connectivity index (χ1n) is 4.22. The van der Waals surface area contributed by atoms with E-state index in [4.69, 9.17) is 0 Å². The van der Waals surface area contributed by atoms with Crippen LogP contribution in [0.2, 0.25) is 0 Å². The summed E-state index contributed by atoms with van der Waals surface area (Å²) in [6.45, 7) is 8.34. The van der Waals surface area contributed by atoms with E-state index >= 15 is 0 Å². The first-order valence-corrected chi connectivity index (χ1v) is 4.22. The van der Waals surface area contributed by atoms with E-state index in [1.165, 1.54) is 0 Å². The van der Waals surface area contributed by atoms with Crippen LogP contribution in [0.4, 0.5) is 0 Å². The van der Waals surface area contributed by atoms with Gasteiger partial charge in [-0.3, -0.25) is 4.68 Å². The average molecular weight is 168 g/mol. The van der Waals surface area contributed by atoms with E-state index in [2.05, 4.69) is 5.10 Å². The molecule has 0 saturated heterocycles. The summed E-state index contributed by atoms with van der Waals surface area (Å²) >= 11 is 0. The molecule has 68 valence electrons. The fraction of sp³-hybridized carbons (Fsp3) is 0.667. The van der Waals surface area contributed by atoms with Gasteiger partial charge in [0, 0.05) is 6.54 Å². The molecule has 1 aromatic rings. The van der Waals surface area contributed by atoms with Crippen LogP contribution in [0.25, 0.3) is 0 Å². The highest BCUT2D eigenvalue weighted by Crippen LogP contribution is 2.22. The van der Waals surface area contributed by atoms with Crippen LogP contribution in [0, 0.1) is 6.92 Å². The van der Waals surface area contributed by atoms with Crippen LogP contribution < -0.4 is 0 Å². The van der Waals surface area contributed by atoms with Gasteiger partial charge in [0.1, 0.15) is 5.60 Å². The minimum Gasteiger partial charge on any atom is -0.384 e. The molecular formula is C9H16N2O. The van der Waals surface area contributed by atoms with E-state index in [9.17, 15) is 5.11 Å². The zero-order valence-electron chi connectivity index (χ0n) is 8.13. The van der Waals surface area contributed by atoms with Crippen molar-refractivity contribution in [3.05, 3.63) is 17.5 Å². The topological polar surface area (TPSA) is 38.0 Å². The predicted octanol–water partition coefficient (Wildman–Crippen LogP) is 1.44. The Labute approximate surface area is 73.0 Å². The van der Waals surface area contributed by atoms with Gasteiger partial charge in [-0.2, -0.15) is 5.10 Å². The molecule has 0 aliphatic carbocycles. The van der Waals surface area contributed by atoms with Crippen molar-refractivity contribution < 1.29 is 5.11 Å². The highest BCUT2D eigenvalue weighted by molar-refractivity contribution is 5.21. The predicted molar refractivity (Wildman–Crippen MR) is 47.9 cm³/mol. The third-order valence-electron chi connectivity index (χ3n) is 1.90. The van der Waals surface area contributed by atoms with Gasteiger partial charge in [-0.1, -0.05) is 0 Å². The Hall–Kier alpha value is -0.830. The van der Waals surface area contributed by atoms with Gasteiger partial charge in [-0.05, 0) is 33.3 Å². The van der Waals surface area contributed by atoms with Crippen molar-refractivity contribution in [3.8, 4) is 0 Å². The van der Waals surface area contributed by atoms with Gasteiger partial charge in [0.05, 0.1) is 11.9 Å². The Morgan fingerprint density at radius 2 is 2.17 bits per heavy atom. The van der Waals surface area contributed by atoms with Crippen molar-refractivity contribution in [2.75, 3.05) is 0 Å². The molecule has 0 unspecified atom stereocenters. The van der Waals surface area contributed by atoms with Crippen molar-refractivity contribution >= 4 is 0 Å². The second-order valence-electron chi connectivity index (χ2n) is 3.55. The Morgan fingerprint density at radius 3 is 2.50 bits per heavy atom. The van der Waals surface area contributed by atoms with Crippen LogP contribution in [-0.2, 0) is 12.1 Å². The smallest absolute Gasteiger partial charge is 0.101 e. The number of hydrogen-bond acceptors (Lipinski definition) is 2. The molecule has 1 aromatic heterocycles. The average Bonchev–Trinajstić information content (AvgIpc) is 2.29. The lowest BCUT2D eigenvalue weighted by molar-refractivity contribution is 0.0678. The summed E-state index contributed by atoms with van der Waals surface area (Å²) in [6, 6.07) is 0. The quantitative estimate of drug-likeness (QED) is 0.725. The van der Waals surface area contributed by atoms with Crippen molar-refractivity contribution in [2.24, 2.45) is 0 Å². The lowest BCUT2D eigenvalue weighted by Crippen LogP contribution is -2.22. The summed E-state index contributed by atoms with van der Waals surface area (Å²) in [4.78, 5) is 0. The number of aliphatic hydroxyl groups is 1. The van der Waals surface area contributed by atoms with E-state index in [1.807, 2.05) is 18.5 Å². The standard InChI is InChI=1S/C9H16N2O/c1-5-11-8(9(3,4)12)7(2)6-10-11/h6,12H,5H2,1-4H3. The molecule has 0 saturated carbocycles. The first-order chi connectivity index (χ1) is 5.46. The van der Waals surface area contributed by atoms with Crippen LogP contribution in [0.15, 0.2) is 6.20 Å². The largest absolute Gasteiger partial charge is 0.384 e. The molecule has 12 heavy (non-hydrogen) atoms. The number of aromatic nitrogens is 2. The third-order valence-corrected chi connectivity index (χ3v) is 1.90. The Balaban J connectivity index is 3.19. The molecule has 0 aliphatic rings. The number of nitrogens with zero attached hydrogens (tertiary/aromatic N) is 2. The van der Waals surface area contributed by atoms with Crippen LogP contribution in [0.1, 0.15) is 32.0 Å². The molecule has 0 aromatic carbocycles. The normalized spacial score (nSPS) is 12.1. The second kappa shape index (κ2) is 2.90. The molecule has 0 atom stereocenters. The fourth-order valence-corrected chi connectivity index (χ4v) is 1.52. The van der Waals surface area contributed by atoms with E-state index in [-0.39, 0.29) is 0 Å². The summed E-state index contributed by atoms with van der Waals surface area (Å²) < 4.78 is 1.83. The summed E-state index contributed by atoms with van der Waals surface area (Å²) in [7, 11) is 0. The molecule has 1 rings (SSSR count). The van der Waals surface area contributed by atoms with Gasteiger partial charge in [-0.25, -0.2) is 0 Å². The molecule has 0 bridgehead atoms. The molecule has 3 nitrogen and oxygen atoms in total. The molecule has 1 N–H and O–H groups in total. The number of hydrogen-bond donors (Lipinski definition) is 1. The molecule has 0 fully saturated rings. The van der Waals surface area contributed by atoms with Crippen molar-refractivity contribution in [1.82, 2.24) is 9.78 Å². The minimum atomic E-state index is -0.795. The SMILES string of the molecule is CCn1ncc(C)c1C(C)(C)O. The monoisotopic (exact) mass is 168 g/mol. The summed E-state index contributed by atoms with van der Waals surface area (Å²) in [5, 5.41) is 14.0. The molecule has 1 heterocycles. The minimum absolute atomic E-state index is 0.795. The van der Waals surface area contributed by atoms with E-state index < -0.39 is 5.60 Å². The maximum absolute atomic E-state index is 9.81.